The standard InChI is InChI=1S/C82H159NO5/c1-3-5-7-9-11-13-15-17-19-21-22-36-39-43-46-50-54-58-62-66-70-74-80(85)79(78-84)83-81(86)75-71-67-63-59-55-51-47-44-40-37-34-32-30-28-26-24-23-25-27-29-31-33-35-38-41-45-49-53-57-61-65-69-73-77-88-82(87)76-72-68-64-60-56-52-48-42-20-18-16-14-12-10-8-6-4-2/h18,20,70,74,79-80,84-85H,3-17,19,21-69,71-73,75-78H2,1-2H3,(H,83,86)/b20-18-,74-70+. The van der Waals surface area contributed by atoms with Crippen LogP contribution >= 0.6 is 0 Å². The van der Waals surface area contributed by atoms with Gasteiger partial charge in [-0.05, 0) is 57.8 Å². The van der Waals surface area contributed by atoms with E-state index >= 15 is 0 Å². The minimum absolute atomic E-state index is 0.0192. The third-order valence-corrected chi connectivity index (χ3v) is 19.2. The molecule has 1 amide bonds. The molecule has 0 spiro atoms. The highest BCUT2D eigenvalue weighted by Crippen LogP contribution is 2.20. The molecule has 522 valence electrons. The lowest BCUT2D eigenvalue weighted by Crippen LogP contribution is -2.45. The zero-order valence-corrected chi connectivity index (χ0v) is 60.0. The van der Waals surface area contributed by atoms with Crippen LogP contribution in [-0.2, 0) is 14.3 Å². The van der Waals surface area contributed by atoms with Gasteiger partial charge < -0.3 is 20.3 Å². The molecule has 0 aromatic rings. The number of hydrogen-bond acceptors (Lipinski definition) is 5. The number of aliphatic hydroxyl groups is 2. The summed E-state index contributed by atoms with van der Waals surface area (Å²) >= 11 is 0. The minimum Gasteiger partial charge on any atom is -0.466 e. The second-order valence-corrected chi connectivity index (χ2v) is 28.1. The van der Waals surface area contributed by atoms with Crippen molar-refractivity contribution in [3.8, 4) is 0 Å². The normalized spacial score (nSPS) is 12.5. The average molecular weight is 1240 g/mol. The van der Waals surface area contributed by atoms with Gasteiger partial charge in [0.25, 0.3) is 0 Å². The van der Waals surface area contributed by atoms with Crippen LogP contribution in [0.3, 0.4) is 0 Å². The van der Waals surface area contributed by atoms with E-state index in [0.29, 0.717) is 19.4 Å². The fraction of sp³-hybridized carbons (Fsp3) is 0.927. The van der Waals surface area contributed by atoms with Crippen molar-refractivity contribution in [2.45, 2.75) is 475 Å². The summed E-state index contributed by atoms with van der Waals surface area (Å²) in [6, 6.07) is -0.625. The Bertz CT molecular complexity index is 1380. The van der Waals surface area contributed by atoms with Crippen LogP contribution in [0.5, 0.6) is 0 Å². The molecule has 0 saturated carbocycles. The smallest absolute Gasteiger partial charge is 0.305 e. The van der Waals surface area contributed by atoms with Gasteiger partial charge in [0.1, 0.15) is 0 Å². The van der Waals surface area contributed by atoms with Crippen molar-refractivity contribution in [2.75, 3.05) is 13.2 Å². The molecule has 0 aliphatic heterocycles. The molecule has 88 heavy (non-hydrogen) atoms. The monoisotopic (exact) mass is 1240 g/mol. The first-order chi connectivity index (χ1) is 43.5. The summed E-state index contributed by atoms with van der Waals surface area (Å²) in [4.78, 5) is 24.7. The summed E-state index contributed by atoms with van der Waals surface area (Å²) in [5.41, 5.74) is 0. The van der Waals surface area contributed by atoms with Crippen molar-refractivity contribution < 1.29 is 24.5 Å². The van der Waals surface area contributed by atoms with Gasteiger partial charge in [-0.3, -0.25) is 9.59 Å². The Morgan fingerprint density at radius 2 is 0.534 bits per heavy atom. The fourth-order valence-electron chi connectivity index (χ4n) is 13.0. The Balaban J connectivity index is 3.33. The molecule has 6 heteroatoms. The average Bonchev–Trinajstić information content (AvgIpc) is 3.58. The SMILES string of the molecule is CCCCCCCC/C=C\CCCCCCCCCC(=O)OCCCCCCCCCCCCCCCCCCCCCCCCCCCCCCCCCCCC(=O)NC(CO)C(O)/C=C/CCCCCCCCCCCCCCCCCCCCC. The highest BCUT2D eigenvalue weighted by Gasteiger charge is 2.18. The molecule has 0 heterocycles. The first-order valence-corrected chi connectivity index (χ1v) is 40.6. The minimum atomic E-state index is -0.842. The van der Waals surface area contributed by atoms with Crippen LogP contribution in [0.15, 0.2) is 24.3 Å². The van der Waals surface area contributed by atoms with Crippen molar-refractivity contribution in [3.63, 3.8) is 0 Å². The predicted octanol–water partition coefficient (Wildman–Crippen LogP) is 26.8. The van der Waals surface area contributed by atoms with Gasteiger partial charge in [0, 0.05) is 12.8 Å². The maximum Gasteiger partial charge on any atom is 0.305 e. The third kappa shape index (κ3) is 73.4. The molecule has 0 rings (SSSR count). The van der Waals surface area contributed by atoms with E-state index in [1.165, 1.54) is 398 Å². The molecule has 0 aliphatic rings. The first kappa shape index (κ1) is 86.3. The Kier molecular flexibility index (Phi) is 76.3. The van der Waals surface area contributed by atoms with Gasteiger partial charge >= 0.3 is 5.97 Å². The van der Waals surface area contributed by atoms with E-state index in [9.17, 15) is 19.8 Å². The number of rotatable bonds is 77. The van der Waals surface area contributed by atoms with Gasteiger partial charge in [0.05, 0.1) is 25.4 Å². The topological polar surface area (TPSA) is 95.9 Å². The van der Waals surface area contributed by atoms with Crippen LogP contribution in [0.1, 0.15) is 463 Å². The van der Waals surface area contributed by atoms with Crippen LogP contribution in [0.2, 0.25) is 0 Å². The number of ether oxygens (including phenoxy) is 1. The Morgan fingerprint density at radius 1 is 0.307 bits per heavy atom. The Hall–Kier alpha value is -1.66. The maximum atomic E-state index is 12.5. The van der Waals surface area contributed by atoms with Crippen molar-refractivity contribution in [1.29, 1.82) is 0 Å². The molecule has 2 unspecified atom stereocenters. The van der Waals surface area contributed by atoms with Crippen molar-refractivity contribution in [1.82, 2.24) is 5.32 Å². The number of aliphatic hydroxyl groups excluding tert-OH is 2. The van der Waals surface area contributed by atoms with Crippen LogP contribution < -0.4 is 5.32 Å². The summed E-state index contributed by atoms with van der Waals surface area (Å²) in [5.74, 6) is -0.0390. The highest BCUT2D eigenvalue weighted by molar-refractivity contribution is 5.76. The van der Waals surface area contributed by atoms with Crippen LogP contribution in [0, 0.1) is 0 Å². The summed E-state index contributed by atoms with van der Waals surface area (Å²) in [7, 11) is 0. The van der Waals surface area contributed by atoms with Gasteiger partial charge in [-0.25, -0.2) is 0 Å². The molecule has 0 radical (unpaired) electrons. The van der Waals surface area contributed by atoms with E-state index in [4.69, 9.17) is 4.74 Å². The van der Waals surface area contributed by atoms with Crippen molar-refractivity contribution in [2.24, 2.45) is 0 Å². The van der Waals surface area contributed by atoms with Crippen LogP contribution in [0.4, 0.5) is 0 Å². The van der Waals surface area contributed by atoms with Gasteiger partial charge in [0.15, 0.2) is 0 Å². The Labute approximate surface area is 551 Å². The molecule has 0 aromatic carbocycles. The lowest BCUT2D eigenvalue weighted by molar-refractivity contribution is -0.143. The lowest BCUT2D eigenvalue weighted by Gasteiger charge is -2.20. The van der Waals surface area contributed by atoms with Crippen molar-refractivity contribution in [3.05, 3.63) is 24.3 Å². The van der Waals surface area contributed by atoms with E-state index in [1.54, 1.807) is 6.08 Å². The number of nitrogens with one attached hydrogen (secondary N) is 1. The van der Waals surface area contributed by atoms with E-state index in [0.717, 1.165) is 38.5 Å². The summed E-state index contributed by atoms with van der Waals surface area (Å²) < 4.78 is 5.51. The summed E-state index contributed by atoms with van der Waals surface area (Å²) in [6.07, 6.45) is 100. The van der Waals surface area contributed by atoms with E-state index in [1.807, 2.05) is 6.08 Å². The molecule has 6 nitrogen and oxygen atoms in total. The number of allylic oxidation sites excluding steroid dienone is 3. The van der Waals surface area contributed by atoms with Crippen molar-refractivity contribution >= 4 is 11.9 Å². The molecule has 3 N–H and O–H groups in total. The largest absolute Gasteiger partial charge is 0.466 e. The van der Waals surface area contributed by atoms with Gasteiger partial charge in [-0.15, -0.1) is 0 Å². The molecule has 0 bridgehead atoms. The van der Waals surface area contributed by atoms with E-state index < -0.39 is 12.1 Å². The number of carbonyl (C=O) groups is 2. The number of hydrogen-bond donors (Lipinski definition) is 3. The molecular weight excluding hydrogens is 1080 g/mol. The van der Waals surface area contributed by atoms with Gasteiger partial charge in [-0.2, -0.15) is 0 Å². The zero-order valence-electron chi connectivity index (χ0n) is 60.0. The number of carbonyl (C=O) groups excluding carboxylic acids is 2. The molecule has 0 aliphatic carbocycles. The van der Waals surface area contributed by atoms with Crippen LogP contribution in [-0.4, -0.2) is 47.4 Å². The summed E-state index contributed by atoms with van der Waals surface area (Å²) in [5, 5.41) is 23.3. The maximum absolute atomic E-state index is 12.5. The lowest BCUT2D eigenvalue weighted by atomic mass is 10.0. The molecule has 0 fully saturated rings. The molecule has 2 atom stereocenters. The molecule has 0 saturated heterocycles. The van der Waals surface area contributed by atoms with Gasteiger partial charge in [0.2, 0.25) is 5.91 Å². The van der Waals surface area contributed by atoms with E-state index in [-0.39, 0.29) is 18.5 Å². The van der Waals surface area contributed by atoms with Gasteiger partial charge in [-0.1, -0.05) is 417 Å². The van der Waals surface area contributed by atoms with E-state index in [2.05, 4.69) is 31.3 Å². The van der Waals surface area contributed by atoms with Crippen LogP contribution in [0.25, 0.3) is 0 Å². The first-order valence-electron chi connectivity index (χ1n) is 40.6. The molecule has 0 aromatic heterocycles. The second kappa shape index (κ2) is 77.8. The fourth-order valence-corrected chi connectivity index (χ4v) is 13.0. The summed E-state index contributed by atoms with van der Waals surface area (Å²) in [6.45, 7) is 4.95. The quantitative estimate of drug-likeness (QED) is 0.0320. The predicted molar refractivity (Wildman–Crippen MR) is 389 cm³/mol. The number of amides is 1. The Morgan fingerprint density at radius 3 is 0.807 bits per heavy atom. The zero-order chi connectivity index (χ0) is 63.5. The second-order valence-electron chi connectivity index (χ2n) is 28.1. The molecular formula is C82H159NO5. The number of unbranched alkanes of at least 4 members (excludes halogenated alkanes) is 64. The third-order valence-electron chi connectivity index (χ3n) is 19.2. The number of esters is 1. The highest BCUT2D eigenvalue weighted by atomic mass is 16.5.